The maximum Gasteiger partial charge on any atom is 0.0835 e. The lowest BCUT2D eigenvalue weighted by molar-refractivity contribution is 0.179. The first kappa shape index (κ1) is 9.96. The van der Waals surface area contributed by atoms with Gasteiger partial charge in [0.2, 0.25) is 0 Å². The fourth-order valence-electron chi connectivity index (χ4n) is 0.946. The Balaban J connectivity index is 2.64. The summed E-state index contributed by atoms with van der Waals surface area (Å²) in [6.45, 7) is 5.68. The minimum Gasteiger partial charge on any atom is -0.388 e. The lowest BCUT2D eigenvalue weighted by Crippen LogP contribution is -1.94. The third-order valence-corrected chi connectivity index (χ3v) is 3.04. The molecule has 0 bridgehead atoms. The van der Waals surface area contributed by atoms with Crippen LogP contribution in [0.5, 0.6) is 0 Å². The van der Waals surface area contributed by atoms with Crippen molar-refractivity contribution in [3.8, 4) is 0 Å². The quantitative estimate of drug-likeness (QED) is 0.810. The summed E-state index contributed by atoms with van der Waals surface area (Å²) >= 11 is 4.94. The topological polar surface area (TPSA) is 20.2 Å². The Hall–Kier alpha value is -0.120. The molecule has 0 saturated carbocycles. The molecule has 1 rings (SSSR count). The summed E-state index contributed by atoms with van der Waals surface area (Å²) in [5.41, 5.74) is 1.97. The second kappa shape index (κ2) is 4.21. The Bertz CT molecular complexity index is 280. The fourth-order valence-corrected chi connectivity index (χ4v) is 2.17. The van der Waals surface area contributed by atoms with E-state index in [9.17, 15) is 5.11 Å². The molecule has 1 aromatic heterocycles. The number of halogens is 1. The Morgan fingerprint density at radius 2 is 2.50 bits per heavy atom. The molecule has 0 fully saturated rings. The lowest BCUT2D eigenvalue weighted by atomic mass is 10.1. The second-order valence-corrected chi connectivity index (χ2v) is 5.15. The van der Waals surface area contributed by atoms with Crippen LogP contribution in [0.3, 0.4) is 0 Å². The zero-order chi connectivity index (χ0) is 9.14. The summed E-state index contributed by atoms with van der Waals surface area (Å²) in [4.78, 5) is 0. The highest BCUT2D eigenvalue weighted by atomic mass is 79.9. The molecule has 0 aromatic carbocycles. The molecule has 66 valence electrons. The predicted molar refractivity (Wildman–Crippen MR) is 56.4 cm³/mol. The lowest BCUT2D eigenvalue weighted by Gasteiger charge is -2.07. The summed E-state index contributed by atoms with van der Waals surface area (Å²) in [5, 5.41) is 11.6. The molecule has 1 nitrogen and oxygen atoms in total. The highest BCUT2D eigenvalue weighted by Gasteiger charge is 2.08. The molecule has 0 aliphatic carbocycles. The molecular weight excluding hydrogens is 236 g/mol. The first-order valence-electron chi connectivity index (χ1n) is 3.66. The van der Waals surface area contributed by atoms with Gasteiger partial charge in [0, 0.05) is 0 Å². The summed E-state index contributed by atoms with van der Waals surface area (Å²) in [6.07, 6.45) is 0.244. The van der Waals surface area contributed by atoms with Gasteiger partial charge in [0.1, 0.15) is 0 Å². The summed E-state index contributed by atoms with van der Waals surface area (Å²) in [5.74, 6) is 0. The molecular formula is C9H11BrOS. The van der Waals surface area contributed by atoms with Crippen molar-refractivity contribution in [3.63, 3.8) is 0 Å². The van der Waals surface area contributed by atoms with Crippen LogP contribution < -0.4 is 0 Å². The van der Waals surface area contributed by atoms with E-state index < -0.39 is 6.10 Å². The van der Waals surface area contributed by atoms with Gasteiger partial charge in [-0.25, -0.2) is 0 Å². The summed E-state index contributed by atoms with van der Waals surface area (Å²) in [7, 11) is 0. The van der Waals surface area contributed by atoms with Gasteiger partial charge in [-0.1, -0.05) is 5.57 Å². The zero-order valence-corrected chi connectivity index (χ0v) is 9.28. The zero-order valence-electron chi connectivity index (χ0n) is 6.88. The van der Waals surface area contributed by atoms with Crippen LogP contribution in [0.15, 0.2) is 27.4 Å². The molecule has 1 unspecified atom stereocenters. The van der Waals surface area contributed by atoms with E-state index >= 15 is 0 Å². The van der Waals surface area contributed by atoms with Crippen molar-refractivity contribution in [2.75, 3.05) is 0 Å². The Morgan fingerprint density at radius 3 is 2.92 bits per heavy atom. The van der Waals surface area contributed by atoms with Crippen molar-refractivity contribution in [2.24, 2.45) is 0 Å². The molecule has 0 saturated heterocycles. The predicted octanol–water partition coefficient (Wildman–Crippen LogP) is 3.51. The Morgan fingerprint density at radius 1 is 1.83 bits per heavy atom. The van der Waals surface area contributed by atoms with E-state index in [0.29, 0.717) is 6.42 Å². The van der Waals surface area contributed by atoms with Crippen molar-refractivity contribution in [3.05, 3.63) is 32.9 Å². The van der Waals surface area contributed by atoms with Gasteiger partial charge in [-0.15, -0.1) is 17.9 Å². The molecule has 3 heteroatoms. The van der Waals surface area contributed by atoms with Crippen LogP contribution >= 0.6 is 27.3 Å². The van der Waals surface area contributed by atoms with E-state index in [2.05, 4.69) is 22.5 Å². The van der Waals surface area contributed by atoms with Gasteiger partial charge in [0.25, 0.3) is 0 Å². The van der Waals surface area contributed by atoms with Gasteiger partial charge in [0.15, 0.2) is 0 Å². The van der Waals surface area contributed by atoms with Gasteiger partial charge < -0.3 is 5.11 Å². The number of thiophene rings is 1. The number of rotatable bonds is 3. The smallest absolute Gasteiger partial charge is 0.0835 e. The van der Waals surface area contributed by atoms with E-state index in [-0.39, 0.29) is 0 Å². The van der Waals surface area contributed by atoms with E-state index in [4.69, 9.17) is 0 Å². The van der Waals surface area contributed by atoms with Crippen LogP contribution in [0.4, 0.5) is 0 Å². The first-order valence-corrected chi connectivity index (χ1v) is 5.33. The summed E-state index contributed by atoms with van der Waals surface area (Å²) in [6, 6.07) is 1.94. The average molecular weight is 247 g/mol. The van der Waals surface area contributed by atoms with E-state index in [0.717, 1.165) is 14.9 Å². The molecule has 0 aliphatic rings. The van der Waals surface area contributed by atoms with Gasteiger partial charge in [0.05, 0.1) is 9.89 Å². The van der Waals surface area contributed by atoms with E-state index in [1.54, 1.807) is 11.3 Å². The van der Waals surface area contributed by atoms with Gasteiger partial charge >= 0.3 is 0 Å². The molecule has 12 heavy (non-hydrogen) atoms. The van der Waals surface area contributed by atoms with Crippen LogP contribution in [0.1, 0.15) is 25.0 Å². The Kier molecular flexibility index (Phi) is 3.50. The number of hydrogen-bond acceptors (Lipinski definition) is 2. The van der Waals surface area contributed by atoms with Gasteiger partial charge in [-0.2, -0.15) is 0 Å². The SMILES string of the molecule is C=C(C)CC(O)c1csc(Br)c1. The van der Waals surface area contributed by atoms with Crippen LogP contribution in [-0.2, 0) is 0 Å². The fraction of sp³-hybridized carbons (Fsp3) is 0.333. The maximum absolute atomic E-state index is 9.63. The van der Waals surface area contributed by atoms with E-state index in [1.165, 1.54) is 0 Å². The molecule has 1 aromatic rings. The highest BCUT2D eigenvalue weighted by molar-refractivity contribution is 9.11. The third-order valence-electron chi connectivity index (χ3n) is 1.51. The highest BCUT2D eigenvalue weighted by Crippen LogP contribution is 2.28. The molecule has 0 radical (unpaired) electrons. The van der Waals surface area contributed by atoms with Crippen molar-refractivity contribution in [2.45, 2.75) is 19.4 Å². The number of aliphatic hydroxyl groups is 1. The second-order valence-electron chi connectivity index (χ2n) is 2.86. The number of hydrogen-bond donors (Lipinski definition) is 1. The molecule has 0 amide bonds. The Labute approximate surface area is 84.9 Å². The molecule has 1 atom stereocenters. The average Bonchev–Trinajstić information content (AvgIpc) is 2.34. The van der Waals surface area contributed by atoms with Crippen molar-refractivity contribution in [1.29, 1.82) is 0 Å². The minimum absolute atomic E-state index is 0.398. The summed E-state index contributed by atoms with van der Waals surface area (Å²) < 4.78 is 1.05. The number of aliphatic hydroxyl groups excluding tert-OH is 1. The molecule has 0 aliphatic heterocycles. The van der Waals surface area contributed by atoms with Crippen LogP contribution in [0, 0.1) is 0 Å². The van der Waals surface area contributed by atoms with Crippen LogP contribution in [-0.4, -0.2) is 5.11 Å². The van der Waals surface area contributed by atoms with Crippen molar-refractivity contribution < 1.29 is 5.11 Å². The van der Waals surface area contributed by atoms with Crippen LogP contribution in [0.25, 0.3) is 0 Å². The molecule has 1 heterocycles. The van der Waals surface area contributed by atoms with Crippen LogP contribution in [0.2, 0.25) is 0 Å². The largest absolute Gasteiger partial charge is 0.388 e. The van der Waals surface area contributed by atoms with Gasteiger partial charge in [-0.05, 0) is 46.3 Å². The first-order chi connectivity index (χ1) is 5.59. The third kappa shape index (κ3) is 2.73. The standard InChI is InChI=1S/C9H11BrOS/c1-6(2)3-8(11)7-4-9(10)12-5-7/h4-5,8,11H,1,3H2,2H3. The normalized spacial score (nSPS) is 12.9. The van der Waals surface area contributed by atoms with E-state index in [1.807, 2.05) is 18.4 Å². The molecule has 0 spiro atoms. The monoisotopic (exact) mass is 246 g/mol. The van der Waals surface area contributed by atoms with Crippen molar-refractivity contribution >= 4 is 27.3 Å². The maximum atomic E-state index is 9.63. The minimum atomic E-state index is -0.398. The van der Waals surface area contributed by atoms with Gasteiger partial charge in [-0.3, -0.25) is 0 Å². The van der Waals surface area contributed by atoms with Crippen molar-refractivity contribution in [1.82, 2.24) is 0 Å². The molecule has 1 N–H and O–H groups in total.